The second-order valence-corrected chi connectivity index (χ2v) is 5.66. The Morgan fingerprint density at radius 1 is 1.39 bits per heavy atom. The minimum atomic E-state index is 0.739. The van der Waals surface area contributed by atoms with Crippen LogP contribution in [0.4, 0.5) is 0 Å². The lowest BCUT2D eigenvalue weighted by atomic mass is 10.1. The zero-order valence-electron chi connectivity index (χ0n) is 11.8. The zero-order chi connectivity index (χ0) is 13.0. The molecule has 0 spiro atoms. The summed E-state index contributed by atoms with van der Waals surface area (Å²) in [6.45, 7) is 9.56. The molecule has 2 heteroatoms. The molecule has 0 aromatic heterocycles. The summed E-state index contributed by atoms with van der Waals surface area (Å²) >= 11 is 0. The van der Waals surface area contributed by atoms with Gasteiger partial charge in [0, 0.05) is 0 Å². The van der Waals surface area contributed by atoms with E-state index in [0.717, 1.165) is 43.2 Å². The van der Waals surface area contributed by atoms with Gasteiger partial charge in [0.15, 0.2) is 0 Å². The third-order valence-corrected chi connectivity index (χ3v) is 3.48. The summed E-state index contributed by atoms with van der Waals surface area (Å²) < 4.78 is 5.56. The van der Waals surface area contributed by atoms with Gasteiger partial charge < -0.3 is 10.1 Å². The molecule has 2 atom stereocenters. The third-order valence-electron chi connectivity index (χ3n) is 3.48. The minimum absolute atomic E-state index is 0.739. The van der Waals surface area contributed by atoms with Crippen molar-refractivity contribution in [2.75, 3.05) is 19.7 Å². The predicted molar refractivity (Wildman–Crippen MR) is 76.2 cm³/mol. The molecule has 0 heterocycles. The van der Waals surface area contributed by atoms with Gasteiger partial charge in [-0.15, -0.1) is 0 Å². The van der Waals surface area contributed by atoms with E-state index in [1.165, 1.54) is 12.0 Å². The molecule has 1 aromatic rings. The maximum atomic E-state index is 5.56. The lowest BCUT2D eigenvalue weighted by Gasteiger charge is -2.08. The van der Waals surface area contributed by atoms with Crippen LogP contribution in [0.25, 0.3) is 0 Å². The summed E-state index contributed by atoms with van der Waals surface area (Å²) in [5.41, 5.74) is 1.44. The van der Waals surface area contributed by atoms with Crippen LogP contribution in [-0.4, -0.2) is 19.7 Å². The molecule has 1 aromatic carbocycles. The first kappa shape index (κ1) is 13.4. The van der Waals surface area contributed by atoms with E-state index in [0.29, 0.717) is 0 Å². The van der Waals surface area contributed by atoms with Crippen molar-refractivity contribution in [2.45, 2.75) is 33.1 Å². The lowest BCUT2D eigenvalue weighted by Crippen LogP contribution is -2.22. The maximum absolute atomic E-state index is 5.56. The van der Waals surface area contributed by atoms with Gasteiger partial charge in [-0.25, -0.2) is 0 Å². The van der Waals surface area contributed by atoms with Gasteiger partial charge in [0.1, 0.15) is 5.75 Å². The Kier molecular flexibility index (Phi) is 4.65. The first-order chi connectivity index (χ1) is 8.70. The van der Waals surface area contributed by atoms with Crippen molar-refractivity contribution in [1.82, 2.24) is 5.32 Å². The molecule has 100 valence electrons. The second kappa shape index (κ2) is 6.24. The molecule has 0 aliphatic heterocycles. The van der Waals surface area contributed by atoms with Gasteiger partial charge in [0.2, 0.25) is 0 Å². The van der Waals surface area contributed by atoms with E-state index < -0.39 is 0 Å². The Labute approximate surface area is 111 Å². The van der Waals surface area contributed by atoms with Crippen LogP contribution in [0.3, 0.4) is 0 Å². The molecule has 1 fully saturated rings. The molecular formula is C16H25NO. The summed E-state index contributed by atoms with van der Waals surface area (Å²) in [6.07, 6.45) is 1.32. The summed E-state index contributed by atoms with van der Waals surface area (Å²) in [5.74, 6) is 3.31. The monoisotopic (exact) mass is 247 g/mol. The van der Waals surface area contributed by atoms with Gasteiger partial charge in [-0.1, -0.05) is 26.0 Å². The number of benzene rings is 1. The summed E-state index contributed by atoms with van der Waals surface area (Å²) in [7, 11) is 0. The van der Waals surface area contributed by atoms with Crippen LogP contribution >= 0.6 is 0 Å². The molecule has 18 heavy (non-hydrogen) atoms. The molecule has 1 aliphatic rings. The van der Waals surface area contributed by atoms with Crippen molar-refractivity contribution in [3.63, 3.8) is 0 Å². The van der Waals surface area contributed by atoms with Crippen LogP contribution in [0.5, 0.6) is 5.75 Å². The minimum Gasteiger partial charge on any atom is -0.494 e. The van der Waals surface area contributed by atoms with Crippen molar-refractivity contribution in [2.24, 2.45) is 11.8 Å². The number of hydrogen-bond donors (Lipinski definition) is 1. The molecule has 2 nitrogen and oxygen atoms in total. The lowest BCUT2D eigenvalue weighted by molar-refractivity contribution is 0.340. The van der Waals surface area contributed by atoms with Crippen LogP contribution in [0, 0.1) is 11.8 Å². The largest absolute Gasteiger partial charge is 0.494 e. The summed E-state index contributed by atoms with van der Waals surface area (Å²) in [6, 6.07) is 8.59. The molecule has 1 N–H and O–H groups in total. The van der Waals surface area contributed by atoms with E-state index in [9.17, 15) is 0 Å². The fourth-order valence-electron chi connectivity index (χ4n) is 2.44. The molecule has 0 bridgehead atoms. The molecule has 1 aliphatic carbocycles. The molecule has 0 saturated heterocycles. The molecule has 1 saturated carbocycles. The highest BCUT2D eigenvalue weighted by Gasteiger charge is 2.37. The fraction of sp³-hybridized carbons (Fsp3) is 0.625. The number of nitrogens with one attached hydrogen (secondary N) is 1. The average Bonchev–Trinajstić information content (AvgIpc) is 3.09. The van der Waals surface area contributed by atoms with Gasteiger partial charge in [-0.05, 0) is 61.9 Å². The van der Waals surface area contributed by atoms with Gasteiger partial charge in [0.25, 0.3) is 0 Å². The first-order valence-corrected chi connectivity index (χ1v) is 7.14. The normalized spacial score (nSPS) is 22.2. The van der Waals surface area contributed by atoms with Crippen LogP contribution < -0.4 is 10.1 Å². The van der Waals surface area contributed by atoms with Crippen molar-refractivity contribution in [1.29, 1.82) is 0 Å². The van der Waals surface area contributed by atoms with E-state index >= 15 is 0 Å². The van der Waals surface area contributed by atoms with Crippen molar-refractivity contribution in [3.05, 3.63) is 29.8 Å². The van der Waals surface area contributed by atoms with Crippen LogP contribution in [0.15, 0.2) is 24.3 Å². The molecule has 2 unspecified atom stereocenters. The SMILES string of the molecule is CCOc1cccc(C2CC2CNCC(C)C)c1. The topological polar surface area (TPSA) is 21.3 Å². The molecule has 0 amide bonds. The average molecular weight is 247 g/mol. The Hall–Kier alpha value is -1.02. The van der Waals surface area contributed by atoms with Crippen molar-refractivity contribution >= 4 is 0 Å². The van der Waals surface area contributed by atoms with E-state index in [2.05, 4.69) is 37.4 Å². The third kappa shape index (κ3) is 3.74. The van der Waals surface area contributed by atoms with E-state index in [1.807, 2.05) is 13.0 Å². The predicted octanol–water partition coefficient (Wildman–Crippen LogP) is 3.43. The number of rotatable bonds is 7. The van der Waals surface area contributed by atoms with Crippen LogP contribution in [0.2, 0.25) is 0 Å². The van der Waals surface area contributed by atoms with E-state index in [1.54, 1.807) is 0 Å². The van der Waals surface area contributed by atoms with E-state index in [4.69, 9.17) is 4.74 Å². The first-order valence-electron chi connectivity index (χ1n) is 7.14. The Morgan fingerprint density at radius 2 is 2.22 bits per heavy atom. The number of hydrogen-bond acceptors (Lipinski definition) is 2. The highest BCUT2D eigenvalue weighted by atomic mass is 16.5. The zero-order valence-corrected chi connectivity index (χ0v) is 11.8. The highest BCUT2D eigenvalue weighted by molar-refractivity contribution is 5.34. The summed E-state index contributed by atoms with van der Waals surface area (Å²) in [5, 5.41) is 3.56. The molecule has 0 radical (unpaired) electrons. The standard InChI is InChI=1S/C16H25NO/c1-4-18-15-7-5-6-13(8-15)16-9-14(16)11-17-10-12(2)3/h5-8,12,14,16-17H,4,9-11H2,1-3H3. The highest BCUT2D eigenvalue weighted by Crippen LogP contribution is 2.47. The van der Waals surface area contributed by atoms with Gasteiger partial charge >= 0.3 is 0 Å². The van der Waals surface area contributed by atoms with E-state index in [-0.39, 0.29) is 0 Å². The van der Waals surface area contributed by atoms with Gasteiger partial charge in [-0.2, -0.15) is 0 Å². The van der Waals surface area contributed by atoms with Crippen molar-refractivity contribution in [3.8, 4) is 5.75 Å². The smallest absolute Gasteiger partial charge is 0.119 e. The van der Waals surface area contributed by atoms with Crippen LogP contribution in [-0.2, 0) is 0 Å². The van der Waals surface area contributed by atoms with Gasteiger partial charge in [-0.3, -0.25) is 0 Å². The van der Waals surface area contributed by atoms with Gasteiger partial charge in [0.05, 0.1) is 6.61 Å². The Bertz CT molecular complexity index is 375. The fourth-order valence-corrected chi connectivity index (χ4v) is 2.44. The summed E-state index contributed by atoms with van der Waals surface area (Å²) in [4.78, 5) is 0. The van der Waals surface area contributed by atoms with Crippen molar-refractivity contribution < 1.29 is 4.74 Å². The number of ether oxygens (including phenoxy) is 1. The Morgan fingerprint density at radius 3 is 2.94 bits per heavy atom. The Balaban J connectivity index is 1.81. The quantitative estimate of drug-likeness (QED) is 0.797. The maximum Gasteiger partial charge on any atom is 0.119 e. The molecule has 2 rings (SSSR count). The second-order valence-electron chi connectivity index (χ2n) is 5.66. The molecular weight excluding hydrogens is 222 g/mol. The van der Waals surface area contributed by atoms with Crippen LogP contribution in [0.1, 0.15) is 38.7 Å².